The van der Waals surface area contributed by atoms with Crippen molar-refractivity contribution in [3.05, 3.63) is 54.1 Å². The zero-order valence-electron chi connectivity index (χ0n) is 11.5. The molecule has 0 bridgehead atoms. The lowest BCUT2D eigenvalue weighted by molar-refractivity contribution is -0.121. The van der Waals surface area contributed by atoms with Gasteiger partial charge in [0.2, 0.25) is 0 Å². The summed E-state index contributed by atoms with van der Waals surface area (Å²) in [6, 6.07) is 8.78. The molecule has 0 fully saturated rings. The maximum atomic E-state index is 12.9. The highest BCUT2D eigenvalue weighted by Crippen LogP contribution is 2.15. The zero-order chi connectivity index (χ0) is 15.2. The third-order valence-corrected chi connectivity index (χ3v) is 2.90. The molecule has 2 rings (SSSR count). The Bertz CT molecular complexity index is 608. The van der Waals surface area contributed by atoms with E-state index in [2.05, 4.69) is 4.98 Å². The third kappa shape index (κ3) is 3.68. The van der Waals surface area contributed by atoms with Crippen LogP contribution >= 0.6 is 0 Å². The molecule has 0 saturated heterocycles. The number of halogens is 1. The number of likely N-dealkylation sites (N-methyl/N-ethyl adjacent to an activating group) is 1. The number of hydrogen-bond acceptors (Lipinski definition) is 3. The summed E-state index contributed by atoms with van der Waals surface area (Å²) in [5.41, 5.74) is 0.840. The van der Waals surface area contributed by atoms with Crippen molar-refractivity contribution in [2.75, 3.05) is 18.1 Å². The van der Waals surface area contributed by atoms with Crippen LogP contribution in [0.3, 0.4) is 0 Å². The van der Waals surface area contributed by atoms with Crippen LogP contribution in [0.25, 0.3) is 0 Å². The Labute approximate surface area is 121 Å². The van der Waals surface area contributed by atoms with Crippen LogP contribution < -0.4 is 4.90 Å². The Balaban J connectivity index is 1.97. The fraction of sp³-hybridized carbons (Fsp3) is 0.200. The van der Waals surface area contributed by atoms with Gasteiger partial charge in [-0.1, -0.05) is 0 Å². The van der Waals surface area contributed by atoms with Gasteiger partial charge in [-0.05, 0) is 43.3 Å². The molecular weight excluding hydrogens is 275 g/mol. The fourth-order valence-corrected chi connectivity index (χ4v) is 1.86. The van der Waals surface area contributed by atoms with E-state index in [9.17, 15) is 14.0 Å². The van der Waals surface area contributed by atoms with Crippen LogP contribution in [0, 0.1) is 5.82 Å². The van der Waals surface area contributed by atoms with Gasteiger partial charge in [0.05, 0.1) is 0 Å². The van der Waals surface area contributed by atoms with E-state index < -0.39 is 5.97 Å². The molecule has 1 aromatic heterocycles. The van der Waals surface area contributed by atoms with E-state index in [1.54, 1.807) is 25.3 Å². The van der Waals surface area contributed by atoms with Crippen molar-refractivity contribution >= 4 is 17.6 Å². The molecule has 0 aliphatic heterocycles. The minimum Gasteiger partial charge on any atom is -0.451 e. The summed E-state index contributed by atoms with van der Waals surface area (Å²) in [5.74, 6) is -1.34. The first-order valence-electron chi connectivity index (χ1n) is 6.48. The van der Waals surface area contributed by atoms with Gasteiger partial charge in [-0.3, -0.25) is 4.79 Å². The van der Waals surface area contributed by atoms with Gasteiger partial charge in [0, 0.05) is 18.4 Å². The zero-order valence-corrected chi connectivity index (χ0v) is 11.5. The molecule has 0 aliphatic carbocycles. The summed E-state index contributed by atoms with van der Waals surface area (Å²) >= 11 is 0. The summed E-state index contributed by atoms with van der Waals surface area (Å²) < 4.78 is 17.8. The minimum absolute atomic E-state index is 0.285. The van der Waals surface area contributed by atoms with Crippen LogP contribution in [-0.4, -0.2) is 30.0 Å². The van der Waals surface area contributed by atoms with Crippen molar-refractivity contribution in [1.82, 2.24) is 4.98 Å². The van der Waals surface area contributed by atoms with E-state index in [4.69, 9.17) is 4.74 Å². The molecule has 110 valence electrons. The molecule has 0 saturated carbocycles. The Morgan fingerprint density at radius 2 is 1.95 bits per heavy atom. The number of nitrogens with zero attached hydrogens (tertiary/aromatic N) is 1. The molecule has 1 amide bonds. The average molecular weight is 290 g/mol. The second-order valence-electron chi connectivity index (χ2n) is 4.27. The lowest BCUT2D eigenvalue weighted by atomic mass is 10.2. The van der Waals surface area contributed by atoms with Crippen LogP contribution in [-0.2, 0) is 9.53 Å². The maximum absolute atomic E-state index is 12.9. The number of aromatic nitrogens is 1. The topological polar surface area (TPSA) is 62.4 Å². The van der Waals surface area contributed by atoms with Gasteiger partial charge in [-0.25, -0.2) is 9.18 Å². The van der Waals surface area contributed by atoms with Gasteiger partial charge in [0.1, 0.15) is 11.5 Å². The van der Waals surface area contributed by atoms with Crippen LogP contribution in [0.2, 0.25) is 0 Å². The molecule has 21 heavy (non-hydrogen) atoms. The van der Waals surface area contributed by atoms with Crippen molar-refractivity contribution in [1.29, 1.82) is 0 Å². The maximum Gasteiger partial charge on any atom is 0.355 e. The van der Waals surface area contributed by atoms with Crippen molar-refractivity contribution in [2.24, 2.45) is 0 Å². The van der Waals surface area contributed by atoms with E-state index >= 15 is 0 Å². The molecule has 2 aromatic rings. The summed E-state index contributed by atoms with van der Waals surface area (Å²) in [4.78, 5) is 27.8. The third-order valence-electron chi connectivity index (χ3n) is 2.90. The smallest absolute Gasteiger partial charge is 0.355 e. The number of anilines is 1. The largest absolute Gasteiger partial charge is 0.451 e. The number of rotatable bonds is 5. The van der Waals surface area contributed by atoms with Crippen molar-refractivity contribution in [3.63, 3.8) is 0 Å². The Hall–Kier alpha value is -2.63. The molecular formula is C15H15FN2O3. The van der Waals surface area contributed by atoms with Crippen LogP contribution in [0.1, 0.15) is 17.4 Å². The monoisotopic (exact) mass is 290 g/mol. The highest BCUT2D eigenvalue weighted by Gasteiger charge is 2.17. The average Bonchev–Trinajstić information content (AvgIpc) is 3.02. The number of hydrogen-bond donors (Lipinski definition) is 1. The first kappa shape index (κ1) is 14.8. The Morgan fingerprint density at radius 1 is 1.24 bits per heavy atom. The normalized spacial score (nSPS) is 10.2. The van der Waals surface area contributed by atoms with Crippen LogP contribution in [0.5, 0.6) is 0 Å². The highest BCUT2D eigenvalue weighted by atomic mass is 19.1. The lowest BCUT2D eigenvalue weighted by Crippen LogP contribution is -2.34. The van der Waals surface area contributed by atoms with E-state index in [0.29, 0.717) is 12.2 Å². The van der Waals surface area contributed by atoms with Gasteiger partial charge < -0.3 is 14.6 Å². The molecule has 1 N–H and O–H groups in total. The molecule has 1 heterocycles. The van der Waals surface area contributed by atoms with Crippen LogP contribution in [0.15, 0.2) is 42.6 Å². The van der Waals surface area contributed by atoms with Gasteiger partial charge >= 0.3 is 5.97 Å². The number of esters is 1. The quantitative estimate of drug-likeness (QED) is 0.860. The fourth-order valence-electron chi connectivity index (χ4n) is 1.86. The second-order valence-corrected chi connectivity index (χ2v) is 4.27. The number of H-pyrrole nitrogens is 1. The van der Waals surface area contributed by atoms with E-state index in [0.717, 1.165) is 0 Å². The standard InChI is InChI=1S/C15H15FN2O3/c1-2-18(12-7-5-11(16)6-8-12)14(19)10-21-15(20)13-4-3-9-17-13/h3-9,17H,2,10H2,1H3. The molecule has 0 aliphatic rings. The van der Waals surface area contributed by atoms with E-state index in [-0.39, 0.29) is 24.0 Å². The highest BCUT2D eigenvalue weighted by molar-refractivity contribution is 5.96. The molecule has 5 nitrogen and oxygen atoms in total. The summed E-state index contributed by atoms with van der Waals surface area (Å²) in [6.45, 7) is 1.81. The number of carbonyl (C=O) groups excluding carboxylic acids is 2. The number of nitrogens with one attached hydrogen (secondary N) is 1. The molecule has 1 aromatic carbocycles. The molecule has 0 radical (unpaired) electrons. The van der Waals surface area contributed by atoms with Gasteiger partial charge in [0.25, 0.3) is 5.91 Å². The van der Waals surface area contributed by atoms with Gasteiger partial charge in [-0.2, -0.15) is 0 Å². The summed E-state index contributed by atoms with van der Waals surface area (Å²) in [5, 5.41) is 0. The summed E-state index contributed by atoms with van der Waals surface area (Å²) in [6.07, 6.45) is 1.59. The van der Waals surface area contributed by atoms with Crippen LogP contribution in [0.4, 0.5) is 10.1 Å². The Kier molecular flexibility index (Phi) is 4.71. The van der Waals surface area contributed by atoms with Crippen molar-refractivity contribution in [2.45, 2.75) is 6.92 Å². The van der Waals surface area contributed by atoms with Gasteiger partial charge in [0.15, 0.2) is 6.61 Å². The molecule has 0 atom stereocenters. The predicted octanol–water partition coefficient (Wildman–Crippen LogP) is 2.36. The first-order chi connectivity index (χ1) is 10.1. The number of carbonyl (C=O) groups is 2. The first-order valence-corrected chi connectivity index (χ1v) is 6.48. The van der Waals surface area contributed by atoms with Crippen molar-refractivity contribution < 1.29 is 18.7 Å². The van der Waals surface area contributed by atoms with Gasteiger partial charge in [-0.15, -0.1) is 0 Å². The molecule has 0 spiro atoms. The second kappa shape index (κ2) is 6.69. The van der Waals surface area contributed by atoms with Crippen molar-refractivity contribution in [3.8, 4) is 0 Å². The van der Waals surface area contributed by atoms with E-state index in [1.807, 2.05) is 0 Å². The number of aromatic amines is 1. The number of amides is 1. The molecule has 0 unspecified atom stereocenters. The SMILES string of the molecule is CCN(C(=O)COC(=O)c1ccc[nH]1)c1ccc(F)cc1. The molecule has 6 heteroatoms. The number of ether oxygens (including phenoxy) is 1. The minimum atomic E-state index is -0.594. The summed E-state index contributed by atoms with van der Waals surface area (Å²) in [7, 11) is 0. The van der Waals surface area contributed by atoms with E-state index in [1.165, 1.54) is 29.2 Å². The Morgan fingerprint density at radius 3 is 2.52 bits per heavy atom. The number of benzene rings is 1. The predicted molar refractivity (Wildman–Crippen MR) is 75.5 cm³/mol. The lowest BCUT2D eigenvalue weighted by Gasteiger charge is -2.20.